The topological polar surface area (TPSA) is 42.4 Å². The molecule has 1 fully saturated rings. The lowest BCUT2D eigenvalue weighted by Crippen LogP contribution is -2.41. The van der Waals surface area contributed by atoms with Crippen molar-refractivity contribution in [1.29, 1.82) is 0 Å². The number of likely N-dealkylation sites (tertiary alicyclic amines) is 1. The standard InChI is InChI=1S/C19H24N2O2S/c1-13-12-24-18(20-13)16-5-4-10-21(11-16)19(22)14(2)15-6-8-17(23-3)9-7-15/h6-9,12,14,16H,4-5,10-11H2,1-3H3/t14-,16+/m0/s1. The molecule has 0 unspecified atom stereocenters. The molecule has 0 saturated carbocycles. The van der Waals surface area contributed by atoms with Gasteiger partial charge in [-0.25, -0.2) is 4.98 Å². The van der Waals surface area contributed by atoms with Crippen molar-refractivity contribution in [3.05, 3.63) is 45.9 Å². The van der Waals surface area contributed by atoms with Crippen LogP contribution in [0, 0.1) is 6.92 Å². The summed E-state index contributed by atoms with van der Waals surface area (Å²) in [5, 5.41) is 3.26. The lowest BCUT2D eigenvalue weighted by molar-refractivity contribution is -0.133. The van der Waals surface area contributed by atoms with E-state index in [0.717, 1.165) is 42.9 Å². The summed E-state index contributed by atoms with van der Waals surface area (Å²) in [4.78, 5) is 19.5. The maximum Gasteiger partial charge on any atom is 0.229 e. The van der Waals surface area contributed by atoms with E-state index in [0.29, 0.717) is 5.92 Å². The Bertz CT molecular complexity index is 696. The quantitative estimate of drug-likeness (QED) is 0.843. The van der Waals surface area contributed by atoms with Crippen LogP contribution in [0.4, 0.5) is 0 Å². The second kappa shape index (κ2) is 7.34. The van der Waals surface area contributed by atoms with Crippen LogP contribution in [0.1, 0.15) is 47.9 Å². The molecule has 1 saturated heterocycles. The minimum absolute atomic E-state index is 0.132. The van der Waals surface area contributed by atoms with Crippen molar-refractivity contribution < 1.29 is 9.53 Å². The molecule has 0 N–H and O–H groups in total. The SMILES string of the molecule is COc1ccc([C@H](C)C(=O)N2CCC[C@@H](c3nc(C)cs3)C2)cc1. The van der Waals surface area contributed by atoms with Crippen molar-refractivity contribution in [3.8, 4) is 5.75 Å². The Morgan fingerprint density at radius 1 is 1.38 bits per heavy atom. The van der Waals surface area contributed by atoms with Gasteiger partial charge in [-0.3, -0.25) is 4.79 Å². The molecule has 0 spiro atoms. The Morgan fingerprint density at radius 2 is 2.12 bits per heavy atom. The van der Waals surface area contributed by atoms with Crippen LogP contribution in [-0.4, -0.2) is 36.0 Å². The van der Waals surface area contributed by atoms with Crippen molar-refractivity contribution in [2.24, 2.45) is 0 Å². The summed E-state index contributed by atoms with van der Waals surface area (Å²) < 4.78 is 5.19. The van der Waals surface area contributed by atoms with Crippen LogP contribution in [0.15, 0.2) is 29.6 Å². The number of nitrogens with zero attached hydrogens (tertiary/aromatic N) is 2. The van der Waals surface area contributed by atoms with Crippen molar-refractivity contribution in [3.63, 3.8) is 0 Å². The maximum atomic E-state index is 12.9. The summed E-state index contributed by atoms with van der Waals surface area (Å²) in [6.45, 7) is 5.64. The molecule has 2 aromatic rings. The van der Waals surface area contributed by atoms with Gasteiger partial charge in [-0.1, -0.05) is 12.1 Å². The number of benzene rings is 1. The molecule has 128 valence electrons. The summed E-state index contributed by atoms with van der Waals surface area (Å²) >= 11 is 1.72. The Kier molecular flexibility index (Phi) is 5.19. The van der Waals surface area contributed by atoms with Gasteiger partial charge in [-0.05, 0) is 44.4 Å². The zero-order valence-electron chi connectivity index (χ0n) is 14.5. The number of rotatable bonds is 4. The number of hydrogen-bond donors (Lipinski definition) is 0. The third-order valence-electron chi connectivity index (χ3n) is 4.71. The van der Waals surface area contributed by atoms with Gasteiger partial charge in [0.25, 0.3) is 0 Å². The molecule has 5 heteroatoms. The number of amides is 1. The van der Waals surface area contributed by atoms with Crippen LogP contribution in [0.2, 0.25) is 0 Å². The fourth-order valence-electron chi connectivity index (χ4n) is 3.25. The van der Waals surface area contributed by atoms with Crippen molar-refractivity contribution in [1.82, 2.24) is 9.88 Å². The maximum absolute atomic E-state index is 12.9. The fourth-order valence-corrected chi connectivity index (χ4v) is 4.17. The molecule has 1 aliphatic heterocycles. The molecule has 1 amide bonds. The molecule has 0 radical (unpaired) electrons. The molecular weight excluding hydrogens is 320 g/mol. The first-order valence-electron chi connectivity index (χ1n) is 8.43. The predicted octanol–water partition coefficient (Wildman–Crippen LogP) is 3.97. The molecule has 3 rings (SSSR count). The van der Waals surface area contributed by atoms with E-state index in [2.05, 4.69) is 10.4 Å². The third-order valence-corrected chi connectivity index (χ3v) is 5.83. The number of carbonyl (C=O) groups excluding carboxylic acids is 1. The zero-order chi connectivity index (χ0) is 17.1. The van der Waals surface area contributed by atoms with Crippen LogP contribution < -0.4 is 4.74 Å². The van der Waals surface area contributed by atoms with Crippen LogP contribution in [0.5, 0.6) is 5.75 Å². The van der Waals surface area contributed by atoms with Crippen LogP contribution in [0.25, 0.3) is 0 Å². The highest BCUT2D eigenvalue weighted by molar-refractivity contribution is 7.09. The van der Waals surface area contributed by atoms with Crippen LogP contribution in [-0.2, 0) is 4.79 Å². The summed E-state index contributed by atoms with van der Waals surface area (Å²) in [5.74, 6) is 1.27. The van der Waals surface area contributed by atoms with E-state index in [4.69, 9.17) is 4.74 Å². The minimum atomic E-state index is -0.132. The fraction of sp³-hybridized carbons (Fsp3) is 0.474. The minimum Gasteiger partial charge on any atom is -0.497 e. The van der Waals surface area contributed by atoms with E-state index >= 15 is 0 Å². The Hall–Kier alpha value is -1.88. The molecular formula is C19H24N2O2S. The molecule has 2 atom stereocenters. The summed E-state index contributed by atoms with van der Waals surface area (Å²) in [6, 6.07) is 7.78. The Morgan fingerprint density at radius 3 is 2.75 bits per heavy atom. The molecule has 0 bridgehead atoms. The van der Waals surface area contributed by atoms with E-state index in [-0.39, 0.29) is 11.8 Å². The van der Waals surface area contributed by atoms with Gasteiger partial charge in [0, 0.05) is 30.1 Å². The highest BCUT2D eigenvalue weighted by atomic mass is 32.1. The van der Waals surface area contributed by atoms with Gasteiger partial charge in [-0.2, -0.15) is 0 Å². The number of hydrogen-bond acceptors (Lipinski definition) is 4. The molecule has 24 heavy (non-hydrogen) atoms. The third kappa shape index (κ3) is 3.61. The summed E-state index contributed by atoms with van der Waals surface area (Å²) in [6.07, 6.45) is 2.16. The first kappa shape index (κ1) is 17.0. The van der Waals surface area contributed by atoms with Gasteiger partial charge in [0.15, 0.2) is 0 Å². The number of ether oxygens (including phenoxy) is 1. The number of piperidine rings is 1. The number of aromatic nitrogens is 1. The lowest BCUT2D eigenvalue weighted by Gasteiger charge is -2.33. The van der Waals surface area contributed by atoms with E-state index in [1.54, 1.807) is 18.4 Å². The van der Waals surface area contributed by atoms with Gasteiger partial charge >= 0.3 is 0 Å². The summed E-state index contributed by atoms with van der Waals surface area (Å²) in [5.41, 5.74) is 2.11. The van der Waals surface area contributed by atoms with Crippen LogP contribution in [0.3, 0.4) is 0 Å². The predicted molar refractivity (Wildman–Crippen MR) is 96.8 cm³/mol. The number of methoxy groups -OCH3 is 1. The molecule has 0 aliphatic carbocycles. The smallest absolute Gasteiger partial charge is 0.229 e. The van der Waals surface area contributed by atoms with E-state index in [9.17, 15) is 4.79 Å². The lowest BCUT2D eigenvalue weighted by atomic mass is 9.95. The van der Waals surface area contributed by atoms with Gasteiger partial charge in [0.05, 0.1) is 18.0 Å². The van der Waals surface area contributed by atoms with E-state index < -0.39 is 0 Å². The largest absolute Gasteiger partial charge is 0.497 e. The first-order valence-corrected chi connectivity index (χ1v) is 9.31. The second-order valence-electron chi connectivity index (χ2n) is 6.45. The highest BCUT2D eigenvalue weighted by Crippen LogP contribution is 2.31. The van der Waals surface area contributed by atoms with E-state index in [1.165, 1.54) is 5.01 Å². The number of aryl methyl sites for hydroxylation is 1. The number of carbonyl (C=O) groups is 1. The normalized spacial score (nSPS) is 19.1. The molecule has 1 aromatic carbocycles. The highest BCUT2D eigenvalue weighted by Gasteiger charge is 2.29. The van der Waals surface area contributed by atoms with Crippen molar-refractivity contribution in [2.45, 2.75) is 38.5 Å². The van der Waals surface area contributed by atoms with Crippen molar-refractivity contribution in [2.75, 3.05) is 20.2 Å². The van der Waals surface area contributed by atoms with Gasteiger partial charge < -0.3 is 9.64 Å². The molecule has 2 heterocycles. The number of thiazole rings is 1. The Balaban J connectivity index is 1.69. The van der Waals surface area contributed by atoms with Gasteiger partial charge in [-0.15, -0.1) is 11.3 Å². The monoisotopic (exact) mass is 344 g/mol. The molecule has 4 nitrogen and oxygen atoms in total. The second-order valence-corrected chi connectivity index (χ2v) is 7.34. The Labute approximate surface area is 147 Å². The van der Waals surface area contributed by atoms with E-state index in [1.807, 2.05) is 43.0 Å². The average molecular weight is 344 g/mol. The van der Waals surface area contributed by atoms with Crippen LogP contribution >= 0.6 is 11.3 Å². The zero-order valence-corrected chi connectivity index (χ0v) is 15.3. The molecule has 1 aromatic heterocycles. The van der Waals surface area contributed by atoms with Gasteiger partial charge in [0.1, 0.15) is 5.75 Å². The van der Waals surface area contributed by atoms with Crippen molar-refractivity contribution >= 4 is 17.2 Å². The van der Waals surface area contributed by atoms with Gasteiger partial charge in [0.2, 0.25) is 5.91 Å². The molecule has 1 aliphatic rings. The summed E-state index contributed by atoms with van der Waals surface area (Å²) in [7, 11) is 1.65. The average Bonchev–Trinajstić information content (AvgIpc) is 3.07. The first-order chi connectivity index (χ1) is 11.6.